The number of carbonyl (C=O) groups excluding carboxylic acids is 1. The van der Waals surface area contributed by atoms with Gasteiger partial charge in [0.2, 0.25) is 0 Å². The molecule has 1 aliphatic heterocycles. The molecular weight excluding hydrogens is 244 g/mol. The smallest absolute Gasteiger partial charge is 0.326 e. The van der Waals surface area contributed by atoms with E-state index < -0.39 is 30.0 Å². The number of rotatable bonds is 6. The molecule has 0 radical (unpaired) electrons. The van der Waals surface area contributed by atoms with Crippen LogP contribution in [0.25, 0.3) is 0 Å². The molecule has 0 aromatic carbocycles. The summed E-state index contributed by atoms with van der Waals surface area (Å²) in [6.45, 7) is 1.34. The second-order valence-corrected chi connectivity index (χ2v) is 3.90. The zero-order chi connectivity index (χ0) is 13.5. The van der Waals surface area contributed by atoms with E-state index in [0.717, 1.165) is 0 Å². The van der Waals surface area contributed by atoms with E-state index in [0.29, 0.717) is 19.7 Å². The van der Waals surface area contributed by atoms with E-state index in [1.165, 1.54) is 0 Å². The zero-order valence-corrected chi connectivity index (χ0v) is 9.72. The SMILES string of the molecule is O=C(O)CC[C@H](NC(=O)C1CNCCO1)C(=O)O. The van der Waals surface area contributed by atoms with Crippen LogP contribution in [0.1, 0.15) is 12.8 Å². The quantitative estimate of drug-likeness (QED) is 0.453. The van der Waals surface area contributed by atoms with Crippen LogP contribution in [0.4, 0.5) is 0 Å². The average Bonchev–Trinajstić information content (AvgIpc) is 2.34. The second kappa shape index (κ2) is 6.92. The molecule has 102 valence electrons. The molecule has 1 saturated heterocycles. The third kappa shape index (κ3) is 4.68. The number of morpholine rings is 1. The Hall–Kier alpha value is -1.67. The minimum Gasteiger partial charge on any atom is -0.481 e. The van der Waals surface area contributed by atoms with Gasteiger partial charge in [0.25, 0.3) is 5.91 Å². The fourth-order valence-corrected chi connectivity index (χ4v) is 1.52. The van der Waals surface area contributed by atoms with Gasteiger partial charge < -0.3 is 25.6 Å². The Balaban J connectivity index is 2.46. The lowest BCUT2D eigenvalue weighted by Crippen LogP contribution is -2.52. The highest BCUT2D eigenvalue weighted by Gasteiger charge is 2.27. The number of nitrogens with one attached hydrogen (secondary N) is 2. The van der Waals surface area contributed by atoms with Gasteiger partial charge in [0.15, 0.2) is 0 Å². The first-order valence-electron chi connectivity index (χ1n) is 5.58. The monoisotopic (exact) mass is 260 g/mol. The molecule has 0 saturated carbocycles. The minimum atomic E-state index is -1.26. The van der Waals surface area contributed by atoms with Crippen molar-refractivity contribution in [1.82, 2.24) is 10.6 Å². The molecule has 0 aromatic rings. The molecule has 1 fully saturated rings. The van der Waals surface area contributed by atoms with Crippen molar-refractivity contribution in [3.63, 3.8) is 0 Å². The number of ether oxygens (including phenoxy) is 1. The number of hydrogen-bond acceptors (Lipinski definition) is 5. The molecule has 2 atom stereocenters. The Morgan fingerprint density at radius 1 is 1.39 bits per heavy atom. The lowest BCUT2D eigenvalue weighted by Gasteiger charge is -2.24. The molecule has 4 N–H and O–H groups in total. The first kappa shape index (κ1) is 14.4. The fraction of sp³-hybridized carbons (Fsp3) is 0.700. The summed E-state index contributed by atoms with van der Waals surface area (Å²) in [5.74, 6) is -2.90. The van der Waals surface area contributed by atoms with Crippen molar-refractivity contribution in [2.75, 3.05) is 19.7 Å². The van der Waals surface area contributed by atoms with Gasteiger partial charge in [-0.05, 0) is 6.42 Å². The molecule has 0 spiro atoms. The predicted molar refractivity (Wildman–Crippen MR) is 59.0 cm³/mol. The van der Waals surface area contributed by atoms with Crippen molar-refractivity contribution >= 4 is 17.8 Å². The third-order valence-corrected chi connectivity index (χ3v) is 2.48. The van der Waals surface area contributed by atoms with E-state index >= 15 is 0 Å². The van der Waals surface area contributed by atoms with Crippen molar-refractivity contribution in [1.29, 1.82) is 0 Å². The van der Waals surface area contributed by atoms with Gasteiger partial charge >= 0.3 is 11.9 Å². The fourth-order valence-electron chi connectivity index (χ4n) is 1.52. The van der Waals surface area contributed by atoms with Crippen LogP contribution in [0.2, 0.25) is 0 Å². The van der Waals surface area contributed by atoms with Gasteiger partial charge in [0.05, 0.1) is 6.61 Å². The summed E-state index contributed by atoms with van der Waals surface area (Å²) in [6.07, 6.45) is -1.21. The normalized spacial score (nSPS) is 21.0. The molecule has 0 aliphatic carbocycles. The molecule has 1 aliphatic rings. The molecule has 1 rings (SSSR count). The van der Waals surface area contributed by atoms with Gasteiger partial charge in [-0.3, -0.25) is 9.59 Å². The first-order valence-corrected chi connectivity index (χ1v) is 5.58. The number of aliphatic carboxylic acids is 2. The van der Waals surface area contributed by atoms with Crippen molar-refractivity contribution < 1.29 is 29.3 Å². The van der Waals surface area contributed by atoms with Crippen LogP contribution in [-0.2, 0) is 19.1 Å². The first-order chi connectivity index (χ1) is 8.50. The lowest BCUT2D eigenvalue weighted by molar-refractivity contribution is -0.145. The van der Waals surface area contributed by atoms with Crippen molar-refractivity contribution in [3.8, 4) is 0 Å². The van der Waals surface area contributed by atoms with Gasteiger partial charge in [-0.25, -0.2) is 4.79 Å². The number of hydrogen-bond donors (Lipinski definition) is 4. The molecule has 8 nitrogen and oxygen atoms in total. The van der Waals surface area contributed by atoms with E-state index in [4.69, 9.17) is 14.9 Å². The van der Waals surface area contributed by atoms with Gasteiger partial charge in [0, 0.05) is 19.5 Å². The van der Waals surface area contributed by atoms with Gasteiger partial charge in [-0.15, -0.1) is 0 Å². The van der Waals surface area contributed by atoms with Crippen LogP contribution in [0.5, 0.6) is 0 Å². The van der Waals surface area contributed by atoms with Crippen LogP contribution in [0, 0.1) is 0 Å². The summed E-state index contributed by atoms with van der Waals surface area (Å²) in [5.41, 5.74) is 0. The molecule has 8 heteroatoms. The zero-order valence-electron chi connectivity index (χ0n) is 9.72. The number of carboxylic acids is 2. The van der Waals surface area contributed by atoms with Gasteiger partial charge in [-0.2, -0.15) is 0 Å². The standard InChI is InChI=1S/C10H16N2O6/c13-8(14)2-1-6(10(16)17)12-9(15)7-5-11-3-4-18-7/h6-7,11H,1-5H2,(H,12,15)(H,13,14)(H,16,17)/t6-,7?/m0/s1. The van der Waals surface area contributed by atoms with Crippen molar-refractivity contribution in [2.45, 2.75) is 25.0 Å². The Morgan fingerprint density at radius 2 is 2.11 bits per heavy atom. The van der Waals surface area contributed by atoms with Crippen LogP contribution in [0.3, 0.4) is 0 Å². The van der Waals surface area contributed by atoms with E-state index in [2.05, 4.69) is 10.6 Å². The Labute approximate surface area is 103 Å². The second-order valence-electron chi connectivity index (χ2n) is 3.90. The van der Waals surface area contributed by atoms with E-state index in [-0.39, 0.29) is 12.8 Å². The van der Waals surface area contributed by atoms with Crippen LogP contribution >= 0.6 is 0 Å². The number of carbonyl (C=O) groups is 3. The average molecular weight is 260 g/mol. The van der Waals surface area contributed by atoms with Crippen LogP contribution in [-0.4, -0.2) is 59.9 Å². The number of amides is 1. The molecule has 18 heavy (non-hydrogen) atoms. The minimum absolute atomic E-state index is 0.156. The molecule has 1 unspecified atom stereocenters. The topological polar surface area (TPSA) is 125 Å². The Kier molecular flexibility index (Phi) is 5.53. The molecule has 1 amide bonds. The summed E-state index contributed by atoms with van der Waals surface area (Å²) in [5, 5.41) is 22.6. The summed E-state index contributed by atoms with van der Waals surface area (Å²) in [6, 6.07) is -1.21. The van der Waals surface area contributed by atoms with Gasteiger partial charge in [0.1, 0.15) is 12.1 Å². The summed E-state index contributed by atoms with van der Waals surface area (Å²) < 4.78 is 5.16. The van der Waals surface area contributed by atoms with Crippen molar-refractivity contribution in [3.05, 3.63) is 0 Å². The lowest BCUT2D eigenvalue weighted by atomic mass is 10.1. The molecule has 1 heterocycles. The molecular formula is C10H16N2O6. The highest BCUT2D eigenvalue weighted by atomic mass is 16.5. The third-order valence-electron chi connectivity index (χ3n) is 2.48. The summed E-state index contributed by atoms with van der Waals surface area (Å²) >= 11 is 0. The summed E-state index contributed by atoms with van der Waals surface area (Å²) in [4.78, 5) is 32.9. The van der Waals surface area contributed by atoms with E-state index in [9.17, 15) is 14.4 Å². The van der Waals surface area contributed by atoms with E-state index in [1.807, 2.05) is 0 Å². The summed E-state index contributed by atoms with van der Waals surface area (Å²) in [7, 11) is 0. The predicted octanol–water partition coefficient (Wildman–Crippen LogP) is -1.59. The molecule has 0 bridgehead atoms. The van der Waals surface area contributed by atoms with Crippen LogP contribution in [0.15, 0.2) is 0 Å². The number of carboxylic acid groups (broad SMARTS) is 2. The van der Waals surface area contributed by atoms with E-state index in [1.54, 1.807) is 0 Å². The Morgan fingerprint density at radius 3 is 2.61 bits per heavy atom. The Bertz CT molecular complexity index is 326. The molecule has 0 aromatic heterocycles. The van der Waals surface area contributed by atoms with Crippen molar-refractivity contribution in [2.24, 2.45) is 0 Å². The maximum Gasteiger partial charge on any atom is 0.326 e. The maximum atomic E-state index is 11.7. The maximum absolute atomic E-state index is 11.7. The van der Waals surface area contributed by atoms with Crippen LogP contribution < -0.4 is 10.6 Å². The largest absolute Gasteiger partial charge is 0.481 e. The highest BCUT2D eigenvalue weighted by molar-refractivity contribution is 5.86. The highest BCUT2D eigenvalue weighted by Crippen LogP contribution is 2.01. The van der Waals surface area contributed by atoms with Gasteiger partial charge in [-0.1, -0.05) is 0 Å².